The van der Waals surface area contributed by atoms with Crippen LogP contribution in [0.25, 0.3) is 0 Å². The van der Waals surface area contributed by atoms with Crippen LogP contribution in [0.4, 0.5) is 5.69 Å². The summed E-state index contributed by atoms with van der Waals surface area (Å²) in [7, 11) is 1.58. The molecule has 2 aromatic carbocycles. The van der Waals surface area contributed by atoms with E-state index in [4.69, 9.17) is 4.74 Å². The van der Waals surface area contributed by atoms with E-state index >= 15 is 0 Å². The second kappa shape index (κ2) is 7.71. The maximum absolute atomic E-state index is 12.0. The van der Waals surface area contributed by atoms with Crippen molar-refractivity contribution in [2.75, 3.05) is 11.1 Å². The van der Waals surface area contributed by atoms with Crippen molar-refractivity contribution in [3.8, 4) is 17.4 Å². The third kappa shape index (κ3) is 4.51. The van der Waals surface area contributed by atoms with Crippen LogP contribution in [0.15, 0.2) is 64.1 Å². The fourth-order valence-corrected chi connectivity index (χ4v) is 2.74. The van der Waals surface area contributed by atoms with Crippen LogP contribution < -0.4 is 19.8 Å². The molecule has 128 valence electrons. The molecule has 7 nitrogen and oxygen atoms in total. The van der Waals surface area contributed by atoms with E-state index in [9.17, 15) is 9.90 Å². The summed E-state index contributed by atoms with van der Waals surface area (Å²) in [5.74, 6) is 0.703. The van der Waals surface area contributed by atoms with Crippen molar-refractivity contribution in [1.29, 1.82) is 0 Å². The predicted octanol–water partition coefficient (Wildman–Crippen LogP) is 2.10. The zero-order valence-corrected chi connectivity index (χ0v) is 14.2. The van der Waals surface area contributed by atoms with Gasteiger partial charge in [-0.15, -0.1) is 0 Å². The molecule has 1 amide bonds. The van der Waals surface area contributed by atoms with Crippen LogP contribution in [0.1, 0.15) is 0 Å². The highest BCUT2D eigenvalue weighted by molar-refractivity contribution is 7.99. The molecule has 0 saturated carbocycles. The summed E-state index contributed by atoms with van der Waals surface area (Å²) >= 11 is 1.07. The normalized spacial score (nSPS) is 10.4. The van der Waals surface area contributed by atoms with Gasteiger partial charge in [-0.1, -0.05) is 22.9 Å². The number of amides is 1. The highest BCUT2D eigenvalue weighted by atomic mass is 32.2. The molecular weight excluding hydrogens is 342 g/mol. The number of rotatable bonds is 6. The van der Waals surface area contributed by atoms with Gasteiger partial charge in [0.1, 0.15) is 11.5 Å². The quantitative estimate of drug-likeness (QED) is 0.537. The van der Waals surface area contributed by atoms with Crippen molar-refractivity contribution in [3.05, 3.63) is 54.6 Å². The molecule has 8 heteroatoms. The first kappa shape index (κ1) is 16.8. The molecule has 0 atom stereocenters. The standard InChI is InChI=1S/C17H15N3O4S/c1-20-16(17(22)24-19-20)25-11-15(21)18-12-7-9-14(10-8-12)23-13-5-3-2-4-6-13/h2-10H,11H2,1H3,(H-,18,19,21,22). The summed E-state index contributed by atoms with van der Waals surface area (Å²) in [5.41, 5.74) is 0.642. The number of aromatic nitrogens is 2. The number of hydrogen-bond donors (Lipinski definition) is 1. The van der Waals surface area contributed by atoms with Gasteiger partial charge in [0, 0.05) is 5.69 Å². The Morgan fingerprint density at radius 1 is 1.20 bits per heavy atom. The molecule has 0 radical (unpaired) electrons. The maximum Gasteiger partial charge on any atom is 0.291 e. The zero-order valence-electron chi connectivity index (χ0n) is 13.3. The average molecular weight is 357 g/mol. The van der Waals surface area contributed by atoms with Crippen LogP contribution in [0.5, 0.6) is 17.4 Å². The number of thioether (sulfide) groups is 1. The zero-order chi connectivity index (χ0) is 17.6. The predicted molar refractivity (Wildman–Crippen MR) is 89.4 cm³/mol. The molecule has 0 aliphatic rings. The summed E-state index contributed by atoms with van der Waals surface area (Å²) in [6.07, 6.45) is 0. The van der Waals surface area contributed by atoms with Gasteiger partial charge in [0.25, 0.3) is 5.03 Å². The minimum absolute atomic E-state index is 0.0760. The van der Waals surface area contributed by atoms with Gasteiger partial charge in [0.2, 0.25) is 5.91 Å². The molecule has 1 N–H and O–H groups in total. The van der Waals surface area contributed by atoms with Crippen LogP contribution in [0, 0.1) is 0 Å². The number of carbonyl (C=O) groups excluding carboxylic acids is 1. The molecule has 1 heterocycles. The highest BCUT2D eigenvalue weighted by Crippen LogP contribution is 2.24. The van der Waals surface area contributed by atoms with Crippen LogP contribution in [0.3, 0.4) is 0 Å². The first-order chi connectivity index (χ1) is 12.1. The topological polar surface area (TPSA) is 91.3 Å². The third-order valence-corrected chi connectivity index (χ3v) is 4.28. The van der Waals surface area contributed by atoms with Gasteiger partial charge >= 0.3 is 0 Å². The van der Waals surface area contributed by atoms with E-state index in [1.807, 2.05) is 30.3 Å². The number of nitrogens with one attached hydrogen (secondary N) is 1. The van der Waals surface area contributed by atoms with Gasteiger partial charge in [-0.2, -0.15) is 0 Å². The molecule has 0 bridgehead atoms. The number of ether oxygens (including phenoxy) is 1. The molecule has 0 aliphatic carbocycles. The molecule has 25 heavy (non-hydrogen) atoms. The number of nitrogens with zero attached hydrogens (tertiary/aromatic N) is 2. The monoisotopic (exact) mass is 357 g/mol. The fourth-order valence-electron chi connectivity index (χ4n) is 2.02. The van der Waals surface area contributed by atoms with E-state index in [1.54, 1.807) is 31.3 Å². The van der Waals surface area contributed by atoms with E-state index in [2.05, 4.69) is 15.1 Å². The van der Waals surface area contributed by atoms with E-state index < -0.39 is 5.95 Å². The van der Waals surface area contributed by atoms with Gasteiger partial charge in [0.05, 0.1) is 11.0 Å². The Labute approximate surface area is 148 Å². The number of anilines is 1. The number of aryl methyl sites for hydroxylation is 1. The summed E-state index contributed by atoms with van der Waals surface area (Å²) in [6, 6.07) is 16.5. The Kier molecular flexibility index (Phi) is 5.20. The average Bonchev–Trinajstić information content (AvgIpc) is 2.94. The highest BCUT2D eigenvalue weighted by Gasteiger charge is 2.16. The smallest absolute Gasteiger partial charge is 0.291 e. The summed E-state index contributed by atoms with van der Waals surface area (Å²) in [5, 5.41) is 17.9. The van der Waals surface area contributed by atoms with E-state index in [0.717, 1.165) is 17.5 Å². The van der Waals surface area contributed by atoms with Crippen LogP contribution in [-0.4, -0.2) is 16.9 Å². The van der Waals surface area contributed by atoms with E-state index in [0.29, 0.717) is 11.4 Å². The minimum atomic E-state index is -0.553. The molecule has 0 unspecified atom stereocenters. The SMILES string of the molecule is C[n+]1noc([O-])c1SCC(=O)Nc1ccc(Oc2ccccc2)cc1. The molecule has 0 aliphatic heterocycles. The molecule has 3 aromatic rings. The number of hydrogen-bond acceptors (Lipinski definition) is 6. The van der Waals surface area contributed by atoms with Crippen LogP contribution >= 0.6 is 11.8 Å². The summed E-state index contributed by atoms with van der Waals surface area (Å²) in [6.45, 7) is 0. The van der Waals surface area contributed by atoms with E-state index in [1.165, 1.54) is 4.68 Å². The molecular formula is C17H15N3O4S. The van der Waals surface area contributed by atoms with Gasteiger partial charge in [-0.3, -0.25) is 4.79 Å². The lowest BCUT2D eigenvalue weighted by Crippen LogP contribution is -2.32. The lowest BCUT2D eigenvalue weighted by atomic mass is 10.3. The molecule has 0 saturated heterocycles. The largest absolute Gasteiger partial charge is 0.538 e. The van der Waals surface area contributed by atoms with Gasteiger partial charge in [-0.05, 0) is 48.2 Å². The van der Waals surface area contributed by atoms with E-state index in [-0.39, 0.29) is 16.7 Å². The van der Waals surface area contributed by atoms with Crippen molar-refractivity contribution in [2.24, 2.45) is 7.05 Å². The van der Waals surface area contributed by atoms with Gasteiger partial charge < -0.3 is 19.7 Å². The number of carbonyl (C=O) groups is 1. The Hall–Kier alpha value is -3.00. The first-order valence-electron chi connectivity index (χ1n) is 7.40. The Balaban J connectivity index is 1.53. The second-order valence-electron chi connectivity index (χ2n) is 5.07. The molecule has 0 fully saturated rings. The van der Waals surface area contributed by atoms with Crippen molar-refractivity contribution in [1.82, 2.24) is 5.27 Å². The Morgan fingerprint density at radius 2 is 1.88 bits per heavy atom. The Bertz CT molecular complexity index is 831. The third-order valence-electron chi connectivity index (χ3n) is 3.17. The van der Waals surface area contributed by atoms with Gasteiger partial charge in [-0.25, -0.2) is 0 Å². The van der Waals surface area contributed by atoms with Crippen molar-refractivity contribution >= 4 is 23.4 Å². The van der Waals surface area contributed by atoms with Crippen LogP contribution in [-0.2, 0) is 11.8 Å². The maximum atomic E-state index is 12.0. The first-order valence-corrected chi connectivity index (χ1v) is 8.39. The second-order valence-corrected chi connectivity index (χ2v) is 6.03. The molecule has 0 spiro atoms. The number of benzene rings is 2. The lowest BCUT2D eigenvalue weighted by Gasteiger charge is -2.07. The number of para-hydroxylation sites is 1. The molecule has 3 rings (SSSR count). The summed E-state index contributed by atoms with van der Waals surface area (Å²) < 4.78 is 11.5. The van der Waals surface area contributed by atoms with Crippen LogP contribution in [0.2, 0.25) is 0 Å². The lowest BCUT2D eigenvalue weighted by molar-refractivity contribution is -0.772. The minimum Gasteiger partial charge on any atom is -0.538 e. The fraction of sp³-hybridized carbons (Fsp3) is 0.118. The summed E-state index contributed by atoms with van der Waals surface area (Å²) in [4.78, 5) is 12.0. The molecule has 1 aromatic heterocycles. The van der Waals surface area contributed by atoms with Crippen molar-refractivity contribution in [3.63, 3.8) is 0 Å². The van der Waals surface area contributed by atoms with Gasteiger partial charge in [0.15, 0.2) is 13.0 Å². The van der Waals surface area contributed by atoms with Crippen molar-refractivity contribution in [2.45, 2.75) is 5.03 Å². The van der Waals surface area contributed by atoms with Crippen molar-refractivity contribution < 1.29 is 23.8 Å². The Morgan fingerprint density at radius 3 is 2.52 bits per heavy atom.